The molecule has 0 fully saturated rings. The Labute approximate surface area is 180 Å². The van der Waals surface area contributed by atoms with Crippen molar-refractivity contribution in [3.05, 3.63) is 77.6 Å². The lowest BCUT2D eigenvalue weighted by atomic mass is 10.00. The van der Waals surface area contributed by atoms with Crippen molar-refractivity contribution in [2.75, 3.05) is 11.9 Å². The van der Waals surface area contributed by atoms with Crippen LogP contribution in [0.15, 0.2) is 60.8 Å². The number of carbonyl (C=O) groups is 1. The molecule has 7 heteroatoms. The number of aryl methyl sites for hydroxylation is 2. The van der Waals surface area contributed by atoms with E-state index in [0.29, 0.717) is 18.3 Å². The molecule has 1 amide bonds. The number of nitrogens with one attached hydrogen (secondary N) is 2. The van der Waals surface area contributed by atoms with Gasteiger partial charge in [0.15, 0.2) is 5.82 Å². The monoisotopic (exact) mass is 410 g/mol. The van der Waals surface area contributed by atoms with E-state index < -0.39 is 0 Å². The van der Waals surface area contributed by atoms with Crippen molar-refractivity contribution in [1.29, 1.82) is 0 Å². The van der Waals surface area contributed by atoms with Crippen LogP contribution in [0.5, 0.6) is 0 Å². The van der Waals surface area contributed by atoms with E-state index in [-0.39, 0.29) is 5.91 Å². The lowest BCUT2D eigenvalue weighted by Gasteiger charge is -2.17. The number of rotatable bonds is 4. The molecule has 1 aliphatic rings. The molecule has 4 aromatic rings. The molecule has 0 bridgehead atoms. The Morgan fingerprint density at radius 3 is 2.55 bits per heavy atom. The van der Waals surface area contributed by atoms with Gasteiger partial charge in [-0.2, -0.15) is 4.98 Å². The van der Waals surface area contributed by atoms with Gasteiger partial charge < -0.3 is 10.6 Å². The van der Waals surface area contributed by atoms with E-state index in [9.17, 15) is 4.79 Å². The van der Waals surface area contributed by atoms with Crippen LogP contribution in [0.3, 0.4) is 0 Å². The number of anilines is 2. The molecule has 0 spiro atoms. The van der Waals surface area contributed by atoms with E-state index in [1.165, 1.54) is 0 Å². The van der Waals surface area contributed by atoms with Crippen molar-refractivity contribution in [1.82, 2.24) is 25.1 Å². The zero-order valence-corrected chi connectivity index (χ0v) is 17.4. The van der Waals surface area contributed by atoms with Crippen LogP contribution < -0.4 is 10.6 Å². The van der Waals surface area contributed by atoms with Gasteiger partial charge in [0, 0.05) is 47.9 Å². The molecule has 0 radical (unpaired) electrons. The van der Waals surface area contributed by atoms with Crippen molar-refractivity contribution in [2.45, 2.75) is 13.3 Å². The van der Waals surface area contributed by atoms with Gasteiger partial charge in [0.25, 0.3) is 5.91 Å². The predicted molar refractivity (Wildman–Crippen MR) is 120 cm³/mol. The average Bonchev–Trinajstić information content (AvgIpc) is 3.15. The number of carbonyl (C=O) groups excluding carboxylic acids is 1. The quantitative estimate of drug-likeness (QED) is 0.533. The normalized spacial score (nSPS) is 12.9. The maximum absolute atomic E-state index is 11.9. The minimum absolute atomic E-state index is 0.0152. The predicted octanol–water partition coefficient (Wildman–Crippen LogP) is 3.88. The number of fused-ring (bicyclic) bond motifs is 1. The Morgan fingerprint density at radius 1 is 1.00 bits per heavy atom. The van der Waals surface area contributed by atoms with E-state index in [2.05, 4.69) is 43.9 Å². The molecule has 1 aliphatic heterocycles. The van der Waals surface area contributed by atoms with Gasteiger partial charge in [0.2, 0.25) is 5.95 Å². The molecule has 5 rings (SSSR count). The highest BCUT2D eigenvalue weighted by Crippen LogP contribution is 2.25. The summed E-state index contributed by atoms with van der Waals surface area (Å²) >= 11 is 0. The van der Waals surface area contributed by atoms with Crippen molar-refractivity contribution in [3.8, 4) is 22.5 Å². The Bertz CT molecular complexity index is 1260. The van der Waals surface area contributed by atoms with Crippen LogP contribution in [0.4, 0.5) is 11.6 Å². The van der Waals surface area contributed by atoms with E-state index in [1.807, 2.05) is 56.6 Å². The van der Waals surface area contributed by atoms with Crippen LogP contribution in [-0.2, 0) is 13.5 Å². The van der Waals surface area contributed by atoms with E-state index in [4.69, 9.17) is 0 Å². The van der Waals surface area contributed by atoms with Crippen molar-refractivity contribution in [2.24, 2.45) is 7.05 Å². The first-order chi connectivity index (χ1) is 15.1. The third-order valence-corrected chi connectivity index (χ3v) is 5.44. The third kappa shape index (κ3) is 3.77. The highest BCUT2D eigenvalue weighted by atomic mass is 16.1. The molecule has 154 valence electrons. The SMILES string of the molecule is Cc1ccc(-c2ccc(-c3nc(Nc4ccc5c(c4)CCNC5=O)n(C)n3)cc2)cn1. The Hall–Kier alpha value is -4.00. The lowest BCUT2D eigenvalue weighted by Crippen LogP contribution is -2.31. The van der Waals surface area contributed by atoms with E-state index >= 15 is 0 Å². The van der Waals surface area contributed by atoms with E-state index in [0.717, 1.165) is 45.6 Å². The first-order valence-corrected chi connectivity index (χ1v) is 10.2. The van der Waals surface area contributed by atoms with Crippen LogP contribution in [0.25, 0.3) is 22.5 Å². The molecule has 2 aromatic heterocycles. The van der Waals surface area contributed by atoms with Crippen LogP contribution in [0.1, 0.15) is 21.6 Å². The van der Waals surface area contributed by atoms with E-state index in [1.54, 1.807) is 4.68 Å². The van der Waals surface area contributed by atoms with Gasteiger partial charge in [0.05, 0.1) is 0 Å². The maximum Gasteiger partial charge on any atom is 0.251 e. The summed E-state index contributed by atoms with van der Waals surface area (Å²) < 4.78 is 1.72. The molecule has 3 heterocycles. The number of aromatic nitrogens is 4. The fourth-order valence-corrected chi connectivity index (χ4v) is 3.70. The summed E-state index contributed by atoms with van der Waals surface area (Å²) in [5, 5.41) is 10.7. The average molecular weight is 410 g/mol. The first-order valence-electron chi connectivity index (χ1n) is 10.2. The Kier molecular flexibility index (Phi) is 4.71. The molecule has 0 atom stereocenters. The molecular weight excluding hydrogens is 388 g/mol. The largest absolute Gasteiger partial charge is 0.352 e. The summed E-state index contributed by atoms with van der Waals surface area (Å²) in [5.74, 6) is 1.27. The fraction of sp³-hybridized carbons (Fsp3) is 0.167. The van der Waals surface area contributed by atoms with Gasteiger partial charge in [-0.05, 0) is 48.7 Å². The van der Waals surface area contributed by atoms with Crippen molar-refractivity contribution >= 4 is 17.5 Å². The fourth-order valence-electron chi connectivity index (χ4n) is 3.70. The standard InChI is InChI=1S/C24H22N6O/c1-15-3-4-19(14-26-15)16-5-7-17(8-6-16)22-28-24(30(2)29-22)27-20-9-10-21-18(13-20)11-12-25-23(21)31/h3-10,13-14H,11-12H2,1-2H3,(H,25,31)(H,27,28,29). The van der Waals surface area contributed by atoms with Crippen molar-refractivity contribution < 1.29 is 4.79 Å². The summed E-state index contributed by atoms with van der Waals surface area (Å²) in [6.07, 6.45) is 2.71. The van der Waals surface area contributed by atoms with Gasteiger partial charge in [-0.25, -0.2) is 4.68 Å². The Balaban J connectivity index is 1.37. The van der Waals surface area contributed by atoms with Gasteiger partial charge in [-0.1, -0.05) is 30.3 Å². The highest BCUT2D eigenvalue weighted by molar-refractivity contribution is 5.97. The zero-order chi connectivity index (χ0) is 21.4. The molecule has 0 unspecified atom stereocenters. The van der Waals surface area contributed by atoms with Crippen LogP contribution in [0, 0.1) is 6.92 Å². The summed E-state index contributed by atoms with van der Waals surface area (Å²) in [6.45, 7) is 2.64. The van der Waals surface area contributed by atoms with Crippen molar-refractivity contribution in [3.63, 3.8) is 0 Å². The van der Waals surface area contributed by atoms with Gasteiger partial charge in [-0.15, -0.1) is 5.10 Å². The maximum atomic E-state index is 11.9. The second-order valence-corrected chi connectivity index (χ2v) is 7.65. The molecule has 7 nitrogen and oxygen atoms in total. The number of pyridine rings is 1. The molecule has 0 saturated carbocycles. The summed E-state index contributed by atoms with van der Waals surface area (Å²) in [7, 11) is 1.86. The van der Waals surface area contributed by atoms with Crippen LogP contribution >= 0.6 is 0 Å². The minimum atomic E-state index is -0.0152. The second-order valence-electron chi connectivity index (χ2n) is 7.65. The van der Waals surface area contributed by atoms with Crippen LogP contribution in [0.2, 0.25) is 0 Å². The highest BCUT2D eigenvalue weighted by Gasteiger charge is 2.17. The molecular formula is C24H22N6O. The topological polar surface area (TPSA) is 84.7 Å². The molecule has 2 aromatic carbocycles. The zero-order valence-electron chi connectivity index (χ0n) is 17.4. The number of hydrogen-bond donors (Lipinski definition) is 2. The molecule has 0 aliphatic carbocycles. The first kappa shape index (κ1) is 19.0. The molecule has 31 heavy (non-hydrogen) atoms. The lowest BCUT2D eigenvalue weighted by molar-refractivity contribution is 0.0946. The number of benzene rings is 2. The second kappa shape index (κ2) is 7.68. The molecule has 0 saturated heterocycles. The summed E-state index contributed by atoms with van der Waals surface area (Å²) in [5.41, 5.74) is 6.78. The number of hydrogen-bond acceptors (Lipinski definition) is 5. The van der Waals surface area contributed by atoms with Gasteiger partial charge >= 0.3 is 0 Å². The van der Waals surface area contributed by atoms with Gasteiger partial charge in [0.1, 0.15) is 0 Å². The van der Waals surface area contributed by atoms with Gasteiger partial charge in [-0.3, -0.25) is 9.78 Å². The Morgan fingerprint density at radius 2 is 1.77 bits per heavy atom. The third-order valence-electron chi connectivity index (χ3n) is 5.44. The summed E-state index contributed by atoms with van der Waals surface area (Å²) in [4.78, 5) is 21.0. The summed E-state index contributed by atoms with van der Waals surface area (Å²) in [6, 6.07) is 18.0. The smallest absolute Gasteiger partial charge is 0.251 e. The number of amides is 1. The molecule has 2 N–H and O–H groups in total. The van der Waals surface area contributed by atoms with Crippen LogP contribution in [-0.4, -0.2) is 32.2 Å². The minimum Gasteiger partial charge on any atom is -0.352 e. The number of nitrogens with zero attached hydrogens (tertiary/aromatic N) is 4.